The van der Waals surface area contributed by atoms with Crippen molar-refractivity contribution in [3.05, 3.63) is 42.5 Å². The maximum absolute atomic E-state index is 5.78. The summed E-state index contributed by atoms with van der Waals surface area (Å²) in [5, 5.41) is 0. The molecule has 0 amide bonds. The smallest absolute Gasteiger partial charge is 0.169 e. The number of benzene rings is 2. The van der Waals surface area contributed by atoms with Gasteiger partial charge in [-0.3, -0.25) is 0 Å². The first-order valence-electron chi connectivity index (χ1n) is 6.24. The van der Waals surface area contributed by atoms with Gasteiger partial charge in [0, 0.05) is 17.4 Å². The Morgan fingerprint density at radius 1 is 0.895 bits per heavy atom. The Kier molecular flexibility index (Phi) is 4.13. The number of anilines is 2. The summed E-state index contributed by atoms with van der Waals surface area (Å²) in [6.45, 7) is 2.67. The van der Waals surface area contributed by atoms with Gasteiger partial charge >= 0.3 is 0 Å². The van der Waals surface area contributed by atoms with Crippen molar-refractivity contribution in [3.8, 4) is 17.2 Å². The zero-order valence-corrected chi connectivity index (χ0v) is 10.9. The molecule has 2 aromatic carbocycles. The van der Waals surface area contributed by atoms with E-state index >= 15 is 0 Å². The molecule has 0 unspecified atom stereocenters. The predicted molar refractivity (Wildman–Crippen MR) is 77.6 cm³/mol. The second-order valence-electron chi connectivity index (χ2n) is 4.23. The molecule has 0 aromatic heterocycles. The zero-order valence-electron chi connectivity index (χ0n) is 10.9. The van der Waals surface area contributed by atoms with Crippen molar-refractivity contribution < 1.29 is 9.47 Å². The van der Waals surface area contributed by atoms with Gasteiger partial charge in [-0.25, -0.2) is 0 Å². The van der Waals surface area contributed by atoms with Crippen LogP contribution in [0.4, 0.5) is 11.4 Å². The SMILES string of the molecule is CCCOc1cc(N)ccc1Oc1ccc(N)cc1. The van der Waals surface area contributed by atoms with Crippen LogP contribution in [0.2, 0.25) is 0 Å². The minimum Gasteiger partial charge on any atom is -0.490 e. The van der Waals surface area contributed by atoms with Gasteiger partial charge in [0.25, 0.3) is 0 Å². The lowest BCUT2D eigenvalue weighted by Gasteiger charge is -2.12. The minimum atomic E-state index is 0.627. The Hall–Kier alpha value is -2.36. The molecular weight excluding hydrogens is 240 g/mol. The Morgan fingerprint density at radius 3 is 2.26 bits per heavy atom. The summed E-state index contributed by atoms with van der Waals surface area (Å²) in [7, 11) is 0. The molecule has 0 aliphatic carbocycles. The number of hydrogen-bond acceptors (Lipinski definition) is 4. The summed E-state index contributed by atoms with van der Waals surface area (Å²) in [6.07, 6.45) is 0.927. The average Bonchev–Trinajstić information content (AvgIpc) is 2.41. The summed E-state index contributed by atoms with van der Waals surface area (Å²) >= 11 is 0. The highest BCUT2D eigenvalue weighted by Gasteiger charge is 2.07. The standard InChI is InChI=1S/C15H18N2O2/c1-2-9-18-15-10-12(17)5-8-14(15)19-13-6-3-11(16)4-7-13/h3-8,10H,2,9,16-17H2,1H3. The van der Waals surface area contributed by atoms with Crippen molar-refractivity contribution in [1.29, 1.82) is 0 Å². The number of nitrogens with two attached hydrogens (primary N) is 2. The molecule has 0 saturated carbocycles. The number of ether oxygens (including phenoxy) is 2. The van der Waals surface area contributed by atoms with Gasteiger partial charge in [-0.05, 0) is 42.8 Å². The molecule has 0 fully saturated rings. The Morgan fingerprint density at radius 2 is 1.58 bits per heavy atom. The highest BCUT2D eigenvalue weighted by Crippen LogP contribution is 2.33. The van der Waals surface area contributed by atoms with E-state index in [9.17, 15) is 0 Å². The molecule has 0 aliphatic heterocycles. The Bertz CT molecular complexity index is 538. The van der Waals surface area contributed by atoms with Gasteiger partial charge in [0.2, 0.25) is 0 Å². The van der Waals surface area contributed by atoms with Crippen molar-refractivity contribution in [3.63, 3.8) is 0 Å². The van der Waals surface area contributed by atoms with Gasteiger partial charge in [-0.2, -0.15) is 0 Å². The van der Waals surface area contributed by atoms with Crippen molar-refractivity contribution in [2.45, 2.75) is 13.3 Å². The Labute approximate surface area is 112 Å². The van der Waals surface area contributed by atoms with E-state index in [4.69, 9.17) is 20.9 Å². The first-order valence-corrected chi connectivity index (χ1v) is 6.24. The van der Waals surface area contributed by atoms with Crippen LogP contribution in [0.25, 0.3) is 0 Å². The van der Waals surface area contributed by atoms with Crippen LogP contribution in [0, 0.1) is 0 Å². The van der Waals surface area contributed by atoms with Crippen LogP contribution in [0.1, 0.15) is 13.3 Å². The average molecular weight is 258 g/mol. The van der Waals surface area contributed by atoms with E-state index in [-0.39, 0.29) is 0 Å². The summed E-state index contributed by atoms with van der Waals surface area (Å²) in [5.41, 5.74) is 12.7. The number of hydrogen-bond donors (Lipinski definition) is 2. The predicted octanol–water partition coefficient (Wildman–Crippen LogP) is 3.43. The first-order chi connectivity index (χ1) is 9.19. The molecule has 100 valence electrons. The van der Waals surface area contributed by atoms with E-state index in [1.54, 1.807) is 30.3 Å². The fourth-order valence-corrected chi connectivity index (χ4v) is 1.60. The van der Waals surface area contributed by atoms with Gasteiger partial charge in [0.15, 0.2) is 11.5 Å². The second-order valence-corrected chi connectivity index (χ2v) is 4.23. The third kappa shape index (κ3) is 3.55. The fraction of sp³-hybridized carbons (Fsp3) is 0.200. The molecular formula is C15H18N2O2. The minimum absolute atomic E-state index is 0.627. The molecule has 0 heterocycles. The van der Waals surface area contributed by atoms with Crippen LogP contribution < -0.4 is 20.9 Å². The quantitative estimate of drug-likeness (QED) is 0.806. The lowest BCUT2D eigenvalue weighted by molar-refractivity contribution is 0.302. The summed E-state index contributed by atoms with van der Waals surface area (Å²) in [5.74, 6) is 2.01. The monoisotopic (exact) mass is 258 g/mol. The molecule has 0 saturated heterocycles. The largest absolute Gasteiger partial charge is 0.490 e. The third-order valence-corrected chi connectivity index (χ3v) is 2.54. The van der Waals surface area contributed by atoms with E-state index in [2.05, 4.69) is 0 Å². The molecule has 4 N–H and O–H groups in total. The van der Waals surface area contributed by atoms with Crippen molar-refractivity contribution in [1.82, 2.24) is 0 Å². The van der Waals surface area contributed by atoms with Gasteiger partial charge < -0.3 is 20.9 Å². The number of nitrogen functional groups attached to an aromatic ring is 2. The second kappa shape index (κ2) is 6.00. The van der Waals surface area contributed by atoms with Crippen molar-refractivity contribution in [2.24, 2.45) is 0 Å². The molecule has 0 aliphatic rings. The van der Waals surface area contributed by atoms with E-state index < -0.39 is 0 Å². The summed E-state index contributed by atoms with van der Waals surface area (Å²) in [4.78, 5) is 0. The lowest BCUT2D eigenvalue weighted by Crippen LogP contribution is -1.98. The maximum Gasteiger partial charge on any atom is 0.169 e. The number of rotatable bonds is 5. The third-order valence-electron chi connectivity index (χ3n) is 2.54. The van der Waals surface area contributed by atoms with Crippen LogP contribution in [-0.2, 0) is 0 Å². The summed E-state index contributed by atoms with van der Waals surface area (Å²) in [6, 6.07) is 12.6. The van der Waals surface area contributed by atoms with E-state index in [1.807, 2.05) is 19.1 Å². The molecule has 4 heteroatoms. The highest BCUT2D eigenvalue weighted by atomic mass is 16.5. The topological polar surface area (TPSA) is 70.5 Å². The van der Waals surface area contributed by atoms with Gasteiger partial charge in [-0.1, -0.05) is 6.92 Å². The lowest BCUT2D eigenvalue weighted by atomic mass is 10.2. The first kappa shape index (κ1) is 13.1. The van der Waals surface area contributed by atoms with E-state index in [0.717, 1.165) is 6.42 Å². The van der Waals surface area contributed by atoms with Gasteiger partial charge in [0.05, 0.1) is 6.61 Å². The van der Waals surface area contributed by atoms with Crippen LogP contribution in [0.15, 0.2) is 42.5 Å². The van der Waals surface area contributed by atoms with Crippen molar-refractivity contribution in [2.75, 3.05) is 18.1 Å². The van der Waals surface area contributed by atoms with Gasteiger partial charge in [0.1, 0.15) is 5.75 Å². The summed E-state index contributed by atoms with van der Waals surface area (Å²) < 4.78 is 11.4. The van der Waals surface area contributed by atoms with Crippen LogP contribution in [-0.4, -0.2) is 6.61 Å². The zero-order chi connectivity index (χ0) is 13.7. The van der Waals surface area contributed by atoms with E-state index in [1.165, 1.54) is 0 Å². The molecule has 19 heavy (non-hydrogen) atoms. The fourth-order valence-electron chi connectivity index (χ4n) is 1.60. The van der Waals surface area contributed by atoms with Crippen LogP contribution in [0.5, 0.6) is 17.2 Å². The Balaban J connectivity index is 2.20. The van der Waals surface area contributed by atoms with Gasteiger partial charge in [-0.15, -0.1) is 0 Å². The maximum atomic E-state index is 5.78. The van der Waals surface area contributed by atoms with Crippen molar-refractivity contribution >= 4 is 11.4 Å². The molecule has 0 spiro atoms. The molecule has 2 aromatic rings. The van der Waals surface area contributed by atoms with Crippen LogP contribution >= 0.6 is 0 Å². The van der Waals surface area contributed by atoms with E-state index in [0.29, 0.717) is 35.2 Å². The molecule has 0 atom stereocenters. The van der Waals surface area contributed by atoms with Crippen LogP contribution in [0.3, 0.4) is 0 Å². The molecule has 0 radical (unpaired) electrons. The normalized spacial score (nSPS) is 10.2. The molecule has 0 bridgehead atoms. The molecule has 2 rings (SSSR count). The highest BCUT2D eigenvalue weighted by molar-refractivity contribution is 5.53. The molecule has 4 nitrogen and oxygen atoms in total.